The van der Waals surface area contributed by atoms with Gasteiger partial charge in [-0.05, 0) is 67.3 Å². The number of nitrogens with zero attached hydrogens (tertiary/aromatic N) is 1. The van der Waals surface area contributed by atoms with E-state index in [0.29, 0.717) is 23.7 Å². The Labute approximate surface area is 213 Å². The molecule has 0 amide bonds. The number of carbonyl (C=O) groups is 1. The average Bonchev–Trinajstić information content (AvgIpc) is 2.91. The zero-order valence-corrected chi connectivity index (χ0v) is 20.9. The third kappa shape index (κ3) is 9.82. The van der Waals surface area contributed by atoms with Crippen molar-refractivity contribution >= 4 is 12.0 Å². The van der Waals surface area contributed by atoms with Crippen molar-refractivity contribution in [2.45, 2.75) is 51.6 Å². The van der Waals surface area contributed by atoms with Gasteiger partial charge in [-0.2, -0.15) is 0 Å². The molecule has 1 aromatic heterocycles. The van der Waals surface area contributed by atoms with Crippen LogP contribution in [0.25, 0.3) is 6.08 Å². The summed E-state index contributed by atoms with van der Waals surface area (Å²) in [4.78, 5) is 15.5. The van der Waals surface area contributed by atoms with Crippen LogP contribution in [0.5, 0.6) is 17.2 Å². The summed E-state index contributed by atoms with van der Waals surface area (Å²) >= 11 is 0. The van der Waals surface area contributed by atoms with Gasteiger partial charge in [-0.25, -0.2) is 9.78 Å². The second-order valence-corrected chi connectivity index (χ2v) is 8.53. The van der Waals surface area contributed by atoms with Crippen molar-refractivity contribution in [3.8, 4) is 17.2 Å². The number of aromatic nitrogens is 1. The number of ether oxygens (including phenoxy) is 3. The van der Waals surface area contributed by atoms with Crippen LogP contribution in [0.15, 0.2) is 72.8 Å². The third-order valence-electron chi connectivity index (χ3n) is 5.73. The molecular weight excluding hydrogens is 454 g/mol. The van der Waals surface area contributed by atoms with Crippen molar-refractivity contribution in [1.29, 1.82) is 0 Å². The number of methoxy groups -OCH3 is 1. The highest BCUT2D eigenvalue weighted by Crippen LogP contribution is 2.21. The molecule has 0 unspecified atom stereocenters. The number of aryl methyl sites for hydroxylation is 1. The number of benzene rings is 2. The summed E-state index contributed by atoms with van der Waals surface area (Å²) in [6.07, 6.45) is 10.5. The summed E-state index contributed by atoms with van der Waals surface area (Å²) in [5, 5.41) is 9.02. The van der Waals surface area contributed by atoms with Gasteiger partial charge in [-0.1, -0.05) is 56.0 Å². The van der Waals surface area contributed by atoms with Gasteiger partial charge in [-0.3, -0.25) is 0 Å². The van der Waals surface area contributed by atoms with Crippen molar-refractivity contribution < 1.29 is 24.1 Å². The molecule has 0 atom stereocenters. The number of unbranched alkanes of at least 4 members (excludes halogenated alkanes) is 5. The second-order valence-electron chi connectivity index (χ2n) is 8.53. The number of hydrogen-bond donors (Lipinski definition) is 1. The summed E-state index contributed by atoms with van der Waals surface area (Å²) in [7, 11) is 1.69. The molecule has 0 bridgehead atoms. The Bertz CT molecular complexity index is 1080. The monoisotopic (exact) mass is 489 g/mol. The molecule has 36 heavy (non-hydrogen) atoms. The molecule has 2 aromatic carbocycles. The highest BCUT2D eigenvalue weighted by atomic mass is 16.5. The Hall–Kier alpha value is -3.80. The zero-order chi connectivity index (χ0) is 25.4. The van der Waals surface area contributed by atoms with Crippen LogP contribution in [0.3, 0.4) is 0 Å². The van der Waals surface area contributed by atoms with Gasteiger partial charge in [0.2, 0.25) is 0 Å². The number of rotatable bonds is 16. The maximum absolute atomic E-state index is 11.0. The van der Waals surface area contributed by atoms with Crippen molar-refractivity contribution in [3.05, 3.63) is 89.8 Å². The van der Waals surface area contributed by atoms with E-state index >= 15 is 0 Å². The smallest absolute Gasteiger partial charge is 0.328 e. The Morgan fingerprint density at radius 1 is 0.833 bits per heavy atom. The van der Waals surface area contributed by atoms with E-state index in [4.69, 9.17) is 19.3 Å². The van der Waals surface area contributed by atoms with Gasteiger partial charge in [0.05, 0.1) is 19.4 Å². The minimum Gasteiger partial charge on any atom is -0.497 e. The minimum absolute atomic E-state index is 0.288. The van der Waals surface area contributed by atoms with Gasteiger partial charge in [0, 0.05) is 6.08 Å². The summed E-state index contributed by atoms with van der Waals surface area (Å²) < 4.78 is 16.9. The molecule has 0 aliphatic carbocycles. The van der Waals surface area contributed by atoms with Crippen LogP contribution in [-0.2, 0) is 17.8 Å². The molecule has 6 nitrogen and oxygen atoms in total. The molecule has 3 rings (SSSR count). The molecule has 0 spiro atoms. The highest BCUT2D eigenvalue weighted by molar-refractivity contribution is 5.85. The van der Waals surface area contributed by atoms with Gasteiger partial charge in [0.1, 0.15) is 29.5 Å². The maximum Gasteiger partial charge on any atom is 0.328 e. The van der Waals surface area contributed by atoms with Gasteiger partial charge in [0.25, 0.3) is 0 Å². The molecule has 6 heteroatoms. The summed E-state index contributed by atoms with van der Waals surface area (Å²) in [6, 6.07) is 21.5. The first kappa shape index (κ1) is 26.8. The number of pyridine rings is 1. The van der Waals surface area contributed by atoms with E-state index in [1.54, 1.807) is 7.11 Å². The van der Waals surface area contributed by atoms with Crippen LogP contribution in [-0.4, -0.2) is 29.8 Å². The number of aliphatic carboxylic acids is 1. The van der Waals surface area contributed by atoms with Crippen molar-refractivity contribution in [2.75, 3.05) is 13.7 Å². The van der Waals surface area contributed by atoms with Gasteiger partial charge in [-0.15, -0.1) is 0 Å². The Morgan fingerprint density at radius 2 is 1.56 bits per heavy atom. The van der Waals surface area contributed by atoms with E-state index < -0.39 is 5.97 Å². The molecular formula is C30H35NO5. The van der Waals surface area contributed by atoms with Crippen LogP contribution in [0.1, 0.15) is 55.5 Å². The van der Waals surface area contributed by atoms with Crippen LogP contribution in [0.4, 0.5) is 0 Å². The van der Waals surface area contributed by atoms with E-state index in [1.165, 1.54) is 37.3 Å². The Morgan fingerprint density at radius 3 is 2.28 bits per heavy atom. The number of hydrogen-bond acceptors (Lipinski definition) is 5. The minimum atomic E-state index is -1.03. The lowest BCUT2D eigenvalue weighted by atomic mass is 10.0. The van der Waals surface area contributed by atoms with Gasteiger partial charge < -0.3 is 19.3 Å². The van der Waals surface area contributed by atoms with Crippen molar-refractivity contribution in [3.63, 3.8) is 0 Å². The molecule has 0 radical (unpaired) electrons. The van der Waals surface area contributed by atoms with E-state index in [-0.39, 0.29) is 6.61 Å². The molecule has 1 N–H and O–H groups in total. The highest BCUT2D eigenvalue weighted by Gasteiger charge is 2.07. The predicted octanol–water partition coefficient (Wildman–Crippen LogP) is 6.73. The summed E-state index contributed by atoms with van der Waals surface area (Å²) in [5.41, 5.74) is 2.54. The molecule has 0 fully saturated rings. The van der Waals surface area contributed by atoms with Crippen molar-refractivity contribution in [1.82, 2.24) is 4.98 Å². The van der Waals surface area contributed by atoms with Crippen LogP contribution in [0.2, 0.25) is 0 Å². The van der Waals surface area contributed by atoms with Crippen LogP contribution >= 0.6 is 0 Å². The molecule has 3 aromatic rings. The SMILES string of the molecule is COc1ccc(CCCCCCCCOc2ccc(COc3ccccc3)nc2C=CC(=O)O)cc1. The lowest BCUT2D eigenvalue weighted by molar-refractivity contribution is -0.131. The Balaban J connectivity index is 1.37. The number of para-hydroxylation sites is 1. The fraction of sp³-hybridized carbons (Fsp3) is 0.333. The van der Waals surface area contributed by atoms with E-state index in [9.17, 15) is 4.79 Å². The lowest BCUT2D eigenvalue weighted by Gasteiger charge is -2.11. The normalized spacial score (nSPS) is 10.9. The predicted molar refractivity (Wildman–Crippen MR) is 142 cm³/mol. The fourth-order valence-corrected chi connectivity index (χ4v) is 3.76. The first-order chi connectivity index (χ1) is 17.6. The Kier molecular flexibility index (Phi) is 11.4. The first-order valence-corrected chi connectivity index (χ1v) is 12.5. The van der Waals surface area contributed by atoms with Gasteiger partial charge in [0.15, 0.2) is 0 Å². The van der Waals surface area contributed by atoms with E-state index in [1.807, 2.05) is 54.6 Å². The second kappa shape index (κ2) is 15.2. The molecule has 0 saturated carbocycles. The van der Waals surface area contributed by atoms with Crippen LogP contribution in [0, 0.1) is 0 Å². The standard InChI is InChI=1S/C30H35NO5/c1-34-26-17-14-24(15-18-26)11-7-4-2-3-5-10-22-35-29-20-16-25(31-28(29)19-21-30(32)33)23-36-27-12-8-6-9-13-27/h6,8-9,12-21H,2-5,7,10-11,22-23H2,1H3,(H,32,33). The lowest BCUT2D eigenvalue weighted by Crippen LogP contribution is -2.04. The maximum atomic E-state index is 11.0. The number of carboxylic acid groups (broad SMARTS) is 1. The largest absolute Gasteiger partial charge is 0.497 e. The van der Waals surface area contributed by atoms with Crippen LogP contribution < -0.4 is 14.2 Å². The zero-order valence-electron chi connectivity index (χ0n) is 20.9. The third-order valence-corrected chi connectivity index (χ3v) is 5.73. The van der Waals surface area contributed by atoms with Gasteiger partial charge >= 0.3 is 5.97 Å². The summed E-state index contributed by atoms with van der Waals surface area (Å²) in [6.45, 7) is 0.859. The molecule has 0 aliphatic heterocycles. The van der Waals surface area contributed by atoms with E-state index in [0.717, 1.165) is 36.8 Å². The number of carboxylic acids is 1. The average molecular weight is 490 g/mol. The molecule has 190 valence electrons. The summed E-state index contributed by atoms with van der Waals surface area (Å²) in [5.74, 6) is 1.20. The first-order valence-electron chi connectivity index (χ1n) is 12.5. The molecule has 0 saturated heterocycles. The van der Waals surface area contributed by atoms with E-state index in [2.05, 4.69) is 17.1 Å². The molecule has 0 aliphatic rings. The topological polar surface area (TPSA) is 77.9 Å². The molecule has 1 heterocycles. The van der Waals surface area contributed by atoms with Crippen molar-refractivity contribution in [2.24, 2.45) is 0 Å². The fourth-order valence-electron chi connectivity index (χ4n) is 3.76. The quantitative estimate of drug-likeness (QED) is 0.178.